The third-order valence-corrected chi connectivity index (χ3v) is 3.93. The highest BCUT2D eigenvalue weighted by Gasteiger charge is 2.14. The number of aromatic nitrogens is 2. The number of rotatable bonds is 3. The van der Waals surface area contributed by atoms with E-state index < -0.39 is 17.1 Å². The first-order valence-corrected chi connectivity index (χ1v) is 7.86. The van der Waals surface area contributed by atoms with Gasteiger partial charge >= 0.3 is 5.69 Å². The summed E-state index contributed by atoms with van der Waals surface area (Å²) in [4.78, 5) is 30.6. The first kappa shape index (κ1) is 17.2. The van der Waals surface area contributed by atoms with Crippen LogP contribution in [0.4, 0.5) is 5.69 Å². The molecule has 1 aromatic heterocycles. The highest BCUT2D eigenvalue weighted by molar-refractivity contribution is 5.84. The first-order valence-electron chi connectivity index (χ1n) is 7.86. The Balaban J connectivity index is 2.12. The number of nitrogens with one attached hydrogen (secondary N) is 1. The molecule has 132 valence electrons. The minimum absolute atomic E-state index is 0.107. The summed E-state index contributed by atoms with van der Waals surface area (Å²) in [6, 6.07) is 11.5. The molecule has 0 amide bonds. The zero-order chi connectivity index (χ0) is 18.8. The Morgan fingerprint density at radius 2 is 1.73 bits per heavy atom. The molecule has 0 spiro atoms. The van der Waals surface area contributed by atoms with E-state index in [2.05, 4.69) is 9.98 Å². The highest BCUT2D eigenvalue weighted by Crippen LogP contribution is 2.23. The van der Waals surface area contributed by atoms with Gasteiger partial charge in [-0.05, 0) is 49.7 Å². The fourth-order valence-corrected chi connectivity index (χ4v) is 2.51. The maximum absolute atomic E-state index is 12.1. The lowest BCUT2D eigenvalue weighted by Crippen LogP contribution is -2.31. The van der Waals surface area contributed by atoms with E-state index in [1.54, 1.807) is 37.3 Å². The van der Waals surface area contributed by atoms with Crippen LogP contribution in [0.5, 0.6) is 11.6 Å². The van der Waals surface area contributed by atoms with Gasteiger partial charge < -0.3 is 10.2 Å². The zero-order valence-corrected chi connectivity index (χ0v) is 14.2. The molecule has 7 heteroatoms. The molecule has 0 bridgehead atoms. The largest absolute Gasteiger partial charge is 0.508 e. The molecule has 0 aliphatic carbocycles. The van der Waals surface area contributed by atoms with Gasteiger partial charge in [-0.15, -0.1) is 0 Å². The lowest BCUT2D eigenvalue weighted by atomic mass is 10.2. The molecular formula is C19H17N3O4. The van der Waals surface area contributed by atoms with E-state index in [1.807, 2.05) is 6.92 Å². The molecular weight excluding hydrogens is 334 g/mol. The lowest BCUT2D eigenvalue weighted by molar-refractivity contribution is 0.430. The summed E-state index contributed by atoms with van der Waals surface area (Å²) in [5, 5.41) is 19.9. The van der Waals surface area contributed by atoms with Gasteiger partial charge in [-0.25, -0.2) is 9.36 Å². The van der Waals surface area contributed by atoms with E-state index in [0.29, 0.717) is 16.9 Å². The Hall–Kier alpha value is -3.61. The van der Waals surface area contributed by atoms with Crippen molar-refractivity contribution < 1.29 is 10.2 Å². The Morgan fingerprint density at radius 1 is 1.04 bits per heavy atom. The second-order valence-corrected chi connectivity index (χ2v) is 5.90. The number of aromatic amines is 1. The average molecular weight is 351 g/mol. The Morgan fingerprint density at radius 3 is 2.38 bits per heavy atom. The normalized spacial score (nSPS) is 11.2. The van der Waals surface area contributed by atoms with Crippen molar-refractivity contribution in [1.29, 1.82) is 0 Å². The maximum Gasteiger partial charge on any atom is 0.335 e. The Kier molecular flexibility index (Phi) is 4.45. The lowest BCUT2D eigenvalue weighted by Gasteiger charge is -2.10. The summed E-state index contributed by atoms with van der Waals surface area (Å²) in [6.07, 6.45) is 1.19. The zero-order valence-electron chi connectivity index (χ0n) is 14.2. The molecule has 0 saturated carbocycles. The minimum Gasteiger partial charge on any atom is -0.508 e. The molecule has 7 nitrogen and oxygen atoms in total. The maximum atomic E-state index is 12.1. The summed E-state index contributed by atoms with van der Waals surface area (Å²) in [6.45, 7) is 3.65. The molecule has 3 rings (SSSR count). The fraction of sp³-hybridized carbons (Fsp3) is 0.105. The first-order chi connectivity index (χ1) is 12.4. The number of phenols is 1. The average Bonchev–Trinajstić information content (AvgIpc) is 2.57. The van der Waals surface area contributed by atoms with Crippen LogP contribution < -0.4 is 11.2 Å². The molecule has 0 saturated heterocycles. The highest BCUT2D eigenvalue weighted by atomic mass is 16.3. The number of phenolic OH excluding ortho intramolecular Hbond substituents is 1. The monoisotopic (exact) mass is 351 g/mol. The van der Waals surface area contributed by atoms with Crippen LogP contribution in [-0.2, 0) is 0 Å². The van der Waals surface area contributed by atoms with Crippen LogP contribution in [0.1, 0.15) is 16.7 Å². The summed E-state index contributed by atoms with van der Waals surface area (Å²) in [5.41, 5.74) is 1.02. The van der Waals surface area contributed by atoms with Gasteiger partial charge in [0.15, 0.2) is 0 Å². The summed E-state index contributed by atoms with van der Waals surface area (Å²) in [5.74, 6) is -0.391. The second kappa shape index (κ2) is 6.72. The molecule has 0 radical (unpaired) electrons. The van der Waals surface area contributed by atoms with Gasteiger partial charge in [0.25, 0.3) is 5.56 Å². The molecule has 0 aliphatic heterocycles. The van der Waals surface area contributed by atoms with Crippen LogP contribution in [0.25, 0.3) is 5.69 Å². The SMILES string of the molecule is Cc1ccc(-n2c(O)c(C=Nc3ccc(O)cc3C)c(=O)[nH]c2=O)cc1. The molecule has 3 aromatic rings. The van der Waals surface area contributed by atoms with E-state index in [1.165, 1.54) is 18.3 Å². The van der Waals surface area contributed by atoms with E-state index >= 15 is 0 Å². The van der Waals surface area contributed by atoms with Gasteiger partial charge in [0.1, 0.15) is 11.3 Å². The van der Waals surface area contributed by atoms with Gasteiger partial charge in [0, 0.05) is 6.21 Å². The van der Waals surface area contributed by atoms with E-state index in [9.17, 15) is 19.8 Å². The van der Waals surface area contributed by atoms with E-state index in [0.717, 1.165) is 10.1 Å². The van der Waals surface area contributed by atoms with Crippen molar-refractivity contribution in [1.82, 2.24) is 9.55 Å². The summed E-state index contributed by atoms with van der Waals surface area (Å²) in [7, 11) is 0. The molecule has 3 N–H and O–H groups in total. The number of aliphatic imine (C=N–C) groups is 1. The van der Waals surface area contributed by atoms with Crippen molar-refractivity contribution in [3.05, 3.63) is 80.0 Å². The third-order valence-electron chi connectivity index (χ3n) is 3.93. The number of hydrogen-bond acceptors (Lipinski definition) is 5. The molecule has 0 fully saturated rings. The fourth-order valence-electron chi connectivity index (χ4n) is 2.51. The Bertz CT molecular complexity index is 1110. The standard InChI is InChI=1S/C19H17N3O4/c1-11-3-5-13(6-4-11)22-18(25)15(17(24)21-19(22)26)10-20-16-8-7-14(23)9-12(16)2/h3-10,23,25H,1-2H3,(H,21,24,26). The number of aromatic hydroxyl groups is 2. The predicted octanol–water partition coefficient (Wildman–Crippen LogP) is 2.30. The van der Waals surface area contributed by atoms with Crippen LogP contribution in [0.15, 0.2) is 57.0 Å². The number of benzene rings is 2. The topological polar surface area (TPSA) is 108 Å². The van der Waals surface area contributed by atoms with Crippen molar-refractivity contribution in [2.24, 2.45) is 4.99 Å². The number of hydrogen-bond donors (Lipinski definition) is 3. The molecule has 26 heavy (non-hydrogen) atoms. The van der Waals surface area contributed by atoms with E-state index in [-0.39, 0.29) is 11.3 Å². The van der Waals surface area contributed by atoms with Crippen molar-refractivity contribution in [2.75, 3.05) is 0 Å². The van der Waals surface area contributed by atoms with Gasteiger partial charge in [-0.3, -0.25) is 14.8 Å². The Labute approximate surface area is 148 Å². The molecule has 1 heterocycles. The van der Waals surface area contributed by atoms with Crippen LogP contribution in [0.3, 0.4) is 0 Å². The van der Waals surface area contributed by atoms with E-state index in [4.69, 9.17) is 0 Å². The number of H-pyrrole nitrogens is 1. The van der Waals surface area contributed by atoms with Crippen LogP contribution in [-0.4, -0.2) is 26.0 Å². The van der Waals surface area contributed by atoms with Crippen molar-refractivity contribution in [2.45, 2.75) is 13.8 Å². The molecule has 0 atom stereocenters. The van der Waals surface area contributed by atoms with Crippen molar-refractivity contribution in [3.63, 3.8) is 0 Å². The number of aryl methyl sites for hydroxylation is 2. The van der Waals surface area contributed by atoms with Gasteiger partial charge in [0.05, 0.1) is 11.4 Å². The van der Waals surface area contributed by atoms with Crippen LogP contribution in [0, 0.1) is 13.8 Å². The summed E-state index contributed by atoms with van der Waals surface area (Å²) >= 11 is 0. The predicted molar refractivity (Wildman–Crippen MR) is 99.2 cm³/mol. The minimum atomic E-state index is -0.741. The van der Waals surface area contributed by atoms with Crippen LogP contribution >= 0.6 is 0 Å². The molecule has 0 unspecified atom stereocenters. The number of nitrogens with zero attached hydrogens (tertiary/aromatic N) is 2. The molecule has 2 aromatic carbocycles. The second-order valence-electron chi connectivity index (χ2n) is 5.90. The van der Waals surface area contributed by atoms with Gasteiger partial charge in [0.2, 0.25) is 5.88 Å². The van der Waals surface area contributed by atoms with Gasteiger partial charge in [-0.1, -0.05) is 17.7 Å². The smallest absolute Gasteiger partial charge is 0.335 e. The quantitative estimate of drug-likeness (QED) is 0.629. The van der Waals surface area contributed by atoms with Crippen molar-refractivity contribution in [3.8, 4) is 17.3 Å². The summed E-state index contributed by atoms with van der Waals surface area (Å²) < 4.78 is 1.01. The third kappa shape index (κ3) is 3.27. The molecule has 0 aliphatic rings. The van der Waals surface area contributed by atoms with Crippen molar-refractivity contribution >= 4 is 11.9 Å². The van der Waals surface area contributed by atoms with Crippen LogP contribution in [0.2, 0.25) is 0 Å². The van der Waals surface area contributed by atoms with Gasteiger partial charge in [-0.2, -0.15) is 0 Å².